The highest BCUT2D eigenvalue weighted by Crippen LogP contribution is 2.18. The molecule has 0 fully saturated rings. The topological polar surface area (TPSA) is 49.0 Å². The molecule has 1 aromatic heterocycles. The van der Waals surface area contributed by atoms with Crippen molar-refractivity contribution >= 4 is 10.9 Å². The molecule has 2 aromatic rings. The number of aliphatic hydroxyl groups excluding tert-OH is 1. The summed E-state index contributed by atoms with van der Waals surface area (Å²) in [4.78, 5) is 0. The Bertz CT molecular complexity index is 522. The van der Waals surface area contributed by atoms with Crippen LogP contribution in [0.1, 0.15) is 18.4 Å². The number of hydrogen-bond donors (Lipinski definition) is 1. The van der Waals surface area contributed by atoms with E-state index in [1.165, 1.54) is 5.39 Å². The molecule has 0 aliphatic rings. The van der Waals surface area contributed by atoms with Gasteiger partial charge in [0.2, 0.25) is 0 Å². The van der Waals surface area contributed by atoms with Crippen LogP contribution < -0.4 is 0 Å². The predicted octanol–water partition coefficient (Wildman–Crippen LogP) is 2.44. The van der Waals surface area contributed by atoms with Crippen LogP contribution >= 0.6 is 0 Å². The largest absolute Gasteiger partial charge is 0.392 e. The Kier molecular flexibility index (Phi) is 3.23. The maximum Gasteiger partial charge on any atom is 0.0682 e. The monoisotopic (exact) mass is 214 g/mol. The van der Waals surface area contributed by atoms with E-state index in [1.54, 1.807) is 0 Å². The minimum atomic E-state index is 0.0688. The smallest absolute Gasteiger partial charge is 0.0682 e. The van der Waals surface area contributed by atoms with E-state index in [9.17, 15) is 0 Å². The Morgan fingerprint density at radius 2 is 2.19 bits per heavy atom. The zero-order valence-corrected chi connectivity index (χ0v) is 9.06. The van der Waals surface area contributed by atoms with Crippen LogP contribution in [0, 0.1) is 11.3 Å². The Balaban J connectivity index is 2.28. The predicted molar refractivity (Wildman–Crippen MR) is 62.7 cm³/mol. The molecule has 3 heteroatoms. The van der Waals surface area contributed by atoms with E-state index in [-0.39, 0.29) is 6.61 Å². The highest BCUT2D eigenvalue weighted by molar-refractivity contribution is 5.80. The first kappa shape index (κ1) is 10.7. The third kappa shape index (κ3) is 2.07. The van der Waals surface area contributed by atoms with Gasteiger partial charge in [-0.05, 0) is 29.5 Å². The first-order valence-corrected chi connectivity index (χ1v) is 5.41. The van der Waals surface area contributed by atoms with Gasteiger partial charge in [-0.2, -0.15) is 5.26 Å². The number of rotatable bonds is 4. The molecule has 3 nitrogen and oxygen atoms in total. The molecule has 0 saturated carbocycles. The minimum Gasteiger partial charge on any atom is -0.392 e. The molecule has 1 aromatic carbocycles. The van der Waals surface area contributed by atoms with E-state index in [1.807, 2.05) is 24.4 Å². The summed E-state index contributed by atoms with van der Waals surface area (Å²) in [7, 11) is 0. The van der Waals surface area contributed by atoms with Gasteiger partial charge in [0.05, 0.1) is 12.7 Å². The Labute approximate surface area is 94.5 Å². The Hall–Kier alpha value is -1.79. The van der Waals surface area contributed by atoms with Gasteiger partial charge in [0.25, 0.3) is 0 Å². The van der Waals surface area contributed by atoms with Crippen molar-refractivity contribution in [3.8, 4) is 6.07 Å². The normalized spacial score (nSPS) is 10.5. The maximum atomic E-state index is 9.09. The highest BCUT2D eigenvalue weighted by Gasteiger charge is 2.01. The third-order valence-corrected chi connectivity index (χ3v) is 2.71. The first-order valence-electron chi connectivity index (χ1n) is 5.41. The van der Waals surface area contributed by atoms with Crippen LogP contribution in [0.3, 0.4) is 0 Å². The van der Waals surface area contributed by atoms with Gasteiger partial charge in [0, 0.05) is 24.7 Å². The standard InChI is InChI=1S/C13H14N2O/c14-6-1-2-7-15-8-5-12-4-3-11(10-16)9-13(12)15/h3-5,8-9,16H,1-2,7,10H2. The van der Waals surface area contributed by atoms with Gasteiger partial charge in [-0.1, -0.05) is 12.1 Å². The molecule has 0 radical (unpaired) electrons. The fourth-order valence-corrected chi connectivity index (χ4v) is 1.85. The summed E-state index contributed by atoms with van der Waals surface area (Å²) in [5.41, 5.74) is 2.05. The second-order valence-electron chi connectivity index (χ2n) is 3.82. The lowest BCUT2D eigenvalue weighted by Crippen LogP contribution is -1.96. The van der Waals surface area contributed by atoms with Crippen molar-refractivity contribution < 1.29 is 5.11 Å². The minimum absolute atomic E-state index is 0.0688. The van der Waals surface area contributed by atoms with Crippen LogP contribution in [-0.2, 0) is 13.2 Å². The Morgan fingerprint density at radius 1 is 1.31 bits per heavy atom. The quantitative estimate of drug-likeness (QED) is 0.795. The molecular formula is C13H14N2O. The molecule has 0 amide bonds. The van der Waals surface area contributed by atoms with E-state index in [4.69, 9.17) is 10.4 Å². The van der Waals surface area contributed by atoms with Crippen LogP contribution in [0.2, 0.25) is 0 Å². The van der Waals surface area contributed by atoms with Gasteiger partial charge >= 0.3 is 0 Å². The zero-order chi connectivity index (χ0) is 11.4. The van der Waals surface area contributed by atoms with Crippen molar-refractivity contribution in [3.05, 3.63) is 36.0 Å². The molecule has 0 saturated heterocycles. The van der Waals surface area contributed by atoms with Crippen molar-refractivity contribution in [3.63, 3.8) is 0 Å². The van der Waals surface area contributed by atoms with Crippen LogP contribution in [0.5, 0.6) is 0 Å². The zero-order valence-electron chi connectivity index (χ0n) is 9.06. The summed E-state index contributed by atoms with van der Waals surface area (Å²) in [6.45, 7) is 0.922. The highest BCUT2D eigenvalue weighted by atomic mass is 16.3. The average Bonchev–Trinajstić information content (AvgIpc) is 2.72. The fraction of sp³-hybridized carbons (Fsp3) is 0.308. The maximum absolute atomic E-state index is 9.09. The molecule has 0 unspecified atom stereocenters. The molecule has 0 aliphatic carbocycles. The molecule has 1 heterocycles. The number of unbranched alkanes of at least 4 members (excludes halogenated alkanes) is 1. The van der Waals surface area contributed by atoms with Crippen LogP contribution in [0.4, 0.5) is 0 Å². The van der Waals surface area contributed by atoms with E-state index in [0.29, 0.717) is 6.42 Å². The molecule has 0 bridgehead atoms. The number of aryl methyl sites for hydroxylation is 1. The second-order valence-corrected chi connectivity index (χ2v) is 3.82. The first-order chi connectivity index (χ1) is 7.85. The van der Waals surface area contributed by atoms with Gasteiger partial charge in [-0.3, -0.25) is 0 Å². The lowest BCUT2D eigenvalue weighted by atomic mass is 10.2. The molecule has 0 atom stereocenters. The average molecular weight is 214 g/mol. The molecule has 2 rings (SSSR count). The van der Waals surface area contributed by atoms with Gasteiger partial charge in [0.1, 0.15) is 0 Å². The SMILES string of the molecule is N#CCCCn1ccc2ccc(CO)cc21. The molecule has 82 valence electrons. The summed E-state index contributed by atoms with van der Waals surface area (Å²) < 4.78 is 2.13. The summed E-state index contributed by atoms with van der Waals surface area (Å²) in [5, 5.41) is 18.8. The molecule has 0 spiro atoms. The van der Waals surface area contributed by atoms with Crippen molar-refractivity contribution in [1.82, 2.24) is 4.57 Å². The van der Waals surface area contributed by atoms with Crippen LogP contribution in [-0.4, -0.2) is 9.67 Å². The van der Waals surface area contributed by atoms with Gasteiger partial charge < -0.3 is 9.67 Å². The lowest BCUT2D eigenvalue weighted by molar-refractivity contribution is 0.282. The van der Waals surface area contributed by atoms with Crippen molar-refractivity contribution in [2.24, 2.45) is 0 Å². The van der Waals surface area contributed by atoms with Crippen molar-refractivity contribution in [2.45, 2.75) is 26.0 Å². The fourth-order valence-electron chi connectivity index (χ4n) is 1.85. The number of hydrogen-bond acceptors (Lipinski definition) is 2. The van der Waals surface area contributed by atoms with E-state index >= 15 is 0 Å². The number of benzene rings is 1. The molecule has 16 heavy (non-hydrogen) atoms. The summed E-state index contributed by atoms with van der Waals surface area (Å²) in [6.07, 6.45) is 3.48. The second kappa shape index (κ2) is 4.82. The van der Waals surface area contributed by atoms with E-state index in [0.717, 1.165) is 24.0 Å². The number of nitriles is 1. The van der Waals surface area contributed by atoms with E-state index in [2.05, 4.69) is 16.7 Å². The van der Waals surface area contributed by atoms with E-state index < -0.39 is 0 Å². The summed E-state index contributed by atoms with van der Waals surface area (Å²) in [5.74, 6) is 0. The molecule has 0 aliphatic heterocycles. The van der Waals surface area contributed by atoms with Gasteiger partial charge in [-0.25, -0.2) is 0 Å². The third-order valence-electron chi connectivity index (χ3n) is 2.71. The van der Waals surface area contributed by atoms with Gasteiger partial charge in [-0.15, -0.1) is 0 Å². The van der Waals surface area contributed by atoms with Crippen molar-refractivity contribution in [2.75, 3.05) is 0 Å². The number of nitrogens with zero attached hydrogens (tertiary/aromatic N) is 2. The lowest BCUT2D eigenvalue weighted by Gasteiger charge is -2.04. The van der Waals surface area contributed by atoms with Gasteiger partial charge in [0.15, 0.2) is 0 Å². The summed E-state index contributed by atoms with van der Waals surface area (Å²) >= 11 is 0. The number of aliphatic hydroxyl groups is 1. The van der Waals surface area contributed by atoms with Crippen molar-refractivity contribution in [1.29, 1.82) is 5.26 Å². The van der Waals surface area contributed by atoms with Crippen LogP contribution in [0.25, 0.3) is 10.9 Å². The van der Waals surface area contributed by atoms with Crippen LogP contribution in [0.15, 0.2) is 30.5 Å². The number of fused-ring (bicyclic) bond motifs is 1. The molecular weight excluding hydrogens is 200 g/mol. The molecule has 1 N–H and O–H groups in total. The summed E-state index contributed by atoms with van der Waals surface area (Å²) in [6, 6.07) is 10.2. The number of aromatic nitrogens is 1. The Morgan fingerprint density at radius 3 is 2.94 bits per heavy atom.